The maximum Gasteiger partial charge on any atom is 0.326 e. The van der Waals surface area contributed by atoms with Crippen molar-refractivity contribution in [3.8, 4) is 0 Å². The zero-order chi connectivity index (χ0) is 13.7. The van der Waals surface area contributed by atoms with Crippen molar-refractivity contribution in [2.24, 2.45) is 11.8 Å². The van der Waals surface area contributed by atoms with Crippen molar-refractivity contribution >= 4 is 17.8 Å². The number of carbonyl (C=O) groups excluding carboxylic acids is 2. The predicted molar refractivity (Wildman–Crippen MR) is 64.8 cm³/mol. The summed E-state index contributed by atoms with van der Waals surface area (Å²) < 4.78 is 0. The molecule has 1 heterocycles. The Balaban J connectivity index is 2.54. The Hall–Kier alpha value is -1.59. The summed E-state index contributed by atoms with van der Waals surface area (Å²) in [4.78, 5) is 34.1. The van der Waals surface area contributed by atoms with E-state index >= 15 is 0 Å². The van der Waals surface area contributed by atoms with Crippen LogP contribution in [0.15, 0.2) is 0 Å². The number of piperidine rings is 1. The second kappa shape index (κ2) is 6.37. The van der Waals surface area contributed by atoms with Gasteiger partial charge in [-0.15, -0.1) is 0 Å². The lowest BCUT2D eigenvalue weighted by molar-refractivity contribution is -0.143. The van der Waals surface area contributed by atoms with Crippen molar-refractivity contribution < 1.29 is 19.5 Å². The van der Waals surface area contributed by atoms with Gasteiger partial charge in [0.05, 0.1) is 0 Å². The van der Waals surface area contributed by atoms with Crippen molar-refractivity contribution in [2.75, 3.05) is 6.54 Å². The summed E-state index contributed by atoms with van der Waals surface area (Å²) in [5.74, 6) is -1.75. The van der Waals surface area contributed by atoms with E-state index in [0.717, 1.165) is 0 Å². The lowest BCUT2D eigenvalue weighted by Gasteiger charge is -2.24. The first-order chi connectivity index (χ1) is 8.40. The van der Waals surface area contributed by atoms with Crippen LogP contribution in [0.4, 0.5) is 0 Å². The zero-order valence-corrected chi connectivity index (χ0v) is 10.7. The van der Waals surface area contributed by atoms with Crippen LogP contribution < -0.4 is 10.6 Å². The molecule has 0 aromatic heterocycles. The number of rotatable bonds is 5. The quantitative estimate of drug-likeness (QED) is 0.651. The molecule has 1 saturated heterocycles. The molecule has 0 aromatic rings. The molecule has 3 N–H and O–H groups in total. The van der Waals surface area contributed by atoms with Crippen LogP contribution in [0.2, 0.25) is 0 Å². The number of carbonyl (C=O) groups is 3. The van der Waals surface area contributed by atoms with Gasteiger partial charge in [-0.1, -0.05) is 13.8 Å². The molecule has 2 atom stereocenters. The standard InChI is InChI=1S/C12H20N2O4/c1-7(2)5-9(12(17)18)14-11(16)8-3-4-13-10(15)6-8/h7-9H,3-6H2,1-2H3,(H,13,15)(H,14,16)(H,17,18). The van der Waals surface area contributed by atoms with E-state index in [-0.39, 0.29) is 24.2 Å². The molecule has 2 unspecified atom stereocenters. The summed E-state index contributed by atoms with van der Waals surface area (Å²) >= 11 is 0. The fraction of sp³-hybridized carbons (Fsp3) is 0.750. The molecule has 6 nitrogen and oxygen atoms in total. The molecule has 0 spiro atoms. The fourth-order valence-corrected chi connectivity index (χ4v) is 1.99. The first-order valence-corrected chi connectivity index (χ1v) is 6.20. The van der Waals surface area contributed by atoms with Gasteiger partial charge in [-0.3, -0.25) is 9.59 Å². The van der Waals surface area contributed by atoms with Crippen molar-refractivity contribution in [3.05, 3.63) is 0 Å². The number of carboxylic acids is 1. The van der Waals surface area contributed by atoms with Gasteiger partial charge in [0.15, 0.2) is 0 Å². The van der Waals surface area contributed by atoms with Crippen molar-refractivity contribution in [2.45, 2.75) is 39.2 Å². The van der Waals surface area contributed by atoms with Crippen molar-refractivity contribution in [1.82, 2.24) is 10.6 Å². The Morgan fingerprint density at radius 1 is 1.50 bits per heavy atom. The normalized spacial score (nSPS) is 21.3. The van der Waals surface area contributed by atoms with Crippen LogP contribution in [-0.4, -0.2) is 35.5 Å². The highest BCUT2D eigenvalue weighted by atomic mass is 16.4. The van der Waals surface area contributed by atoms with Gasteiger partial charge in [0.25, 0.3) is 0 Å². The summed E-state index contributed by atoms with van der Waals surface area (Å²) in [7, 11) is 0. The van der Waals surface area contributed by atoms with Gasteiger partial charge in [-0.05, 0) is 18.8 Å². The molecule has 1 rings (SSSR count). The molecule has 18 heavy (non-hydrogen) atoms. The second-order valence-corrected chi connectivity index (χ2v) is 5.07. The molecule has 0 radical (unpaired) electrons. The smallest absolute Gasteiger partial charge is 0.326 e. The van der Waals surface area contributed by atoms with E-state index in [2.05, 4.69) is 10.6 Å². The van der Waals surface area contributed by atoms with E-state index in [9.17, 15) is 14.4 Å². The van der Waals surface area contributed by atoms with E-state index in [0.29, 0.717) is 19.4 Å². The van der Waals surface area contributed by atoms with Gasteiger partial charge in [-0.2, -0.15) is 0 Å². The van der Waals surface area contributed by atoms with Gasteiger partial charge in [0.2, 0.25) is 11.8 Å². The van der Waals surface area contributed by atoms with E-state index in [1.54, 1.807) is 0 Å². The number of hydrogen-bond donors (Lipinski definition) is 3. The topological polar surface area (TPSA) is 95.5 Å². The lowest BCUT2D eigenvalue weighted by Crippen LogP contribution is -2.47. The van der Waals surface area contributed by atoms with Crippen molar-refractivity contribution in [1.29, 1.82) is 0 Å². The minimum Gasteiger partial charge on any atom is -0.480 e. The molecule has 102 valence electrons. The van der Waals surface area contributed by atoms with Crippen LogP contribution >= 0.6 is 0 Å². The molecular weight excluding hydrogens is 236 g/mol. The molecule has 0 aliphatic carbocycles. The van der Waals surface area contributed by atoms with Gasteiger partial charge in [0.1, 0.15) is 6.04 Å². The van der Waals surface area contributed by atoms with Crippen LogP contribution in [0.5, 0.6) is 0 Å². The molecule has 1 aliphatic heterocycles. The minimum atomic E-state index is -1.03. The van der Waals surface area contributed by atoms with Crippen LogP contribution in [0, 0.1) is 11.8 Å². The average molecular weight is 256 g/mol. The number of amides is 2. The Morgan fingerprint density at radius 3 is 2.67 bits per heavy atom. The summed E-state index contributed by atoms with van der Waals surface area (Å²) in [6.45, 7) is 4.27. The molecule has 2 amide bonds. The monoisotopic (exact) mass is 256 g/mol. The predicted octanol–water partition coefficient (Wildman–Crippen LogP) is 0.128. The fourth-order valence-electron chi connectivity index (χ4n) is 1.99. The van der Waals surface area contributed by atoms with Gasteiger partial charge < -0.3 is 15.7 Å². The van der Waals surface area contributed by atoms with Gasteiger partial charge in [0, 0.05) is 18.9 Å². The zero-order valence-electron chi connectivity index (χ0n) is 10.7. The molecule has 1 aliphatic rings. The first kappa shape index (κ1) is 14.5. The molecule has 0 bridgehead atoms. The molecule has 6 heteroatoms. The SMILES string of the molecule is CC(C)CC(NC(=O)C1CCNC(=O)C1)C(=O)O. The number of carboxylic acid groups (broad SMARTS) is 1. The second-order valence-electron chi connectivity index (χ2n) is 5.07. The molecule has 0 aromatic carbocycles. The van der Waals surface area contributed by atoms with Crippen LogP contribution in [-0.2, 0) is 14.4 Å². The summed E-state index contributed by atoms with van der Waals surface area (Å²) in [5.41, 5.74) is 0. The molecule has 0 saturated carbocycles. The Morgan fingerprint density at radius 2 is 2.17 bits per heavy atom. The third kappa shape index (κ3) is 4.35. The first-order valence-electron chi connectivity index (χ1n) is 6.20. The highest BCUT2D eigenvalue weighted by molar-refractivity contribution is 5.89. The number of hydrogen-bond acceptors (Lipinski definition) is 3. The summed E-state index contributed by atoms with van der Waals surface area (Å²) in [6, 6.07) is -0.873. The summed E-state index contributed by atoms with van der Waals surface area (Å²) in [5, 5.41) is 14.2. The van der Waals surface area contributed by atoms with Crippen LogP contribution in [0.1, 0.15) is 33.1 Å². The average Bonchev–Trinajstić information content (AvgIpc) is 2.27. The molecule has 1 fully saturated rings. The highest BCUT2D eigenvalue weighted by Crippen LogP contribution is 2.14. The third-order valence-corrected chi connectivity index (χ3v) is 2.94. The van der Waals surface area contributed by atoms with Crippen LogP contribution in [0.25, 0.3) is 0 Å². The van der Waals surface area contributed by atoms with Gasteiger partial charge in [-0.25, -0.2) is 4.79 Å². The largest absolute Gasteiger partial charge is 0.480 e. The maximum absolute atomic E-state index is 11.9. The lowest BCUT2D eigenvalue weighted by atomic mass is 9.95. The molecular formula is C12H20N2O4. The van der Waals surface area contributed by atoms with Crippen LogP contribution in [0.3, 0.4) is 0 Å². The van der Waals surface area contributed by atoms with E-state index in [4.69, 9.17) is 5.11 Å². The Bertz CT molecular complexity index is 341. The van der Waals surface area contributed by atoms with E-state index in [1.165, 1.54) is 0 Å². The highest BCUT2D eigenvalue weighted by Gasteiger charge is 2.29. The van der Waals surface area contributed by atoms with E-state index < -0.39 is 17.9 Å². The Kier molecular flexibility index (Phi) is 5.12. The minimum absolute atomic E-state index is 0.139. The van der Waals surface area contributed by atoms with E-state index in [1.807, 2.05) is 13.8 Å². The van der Waals surface area contributed by atoms with Gasteiger partial charge >= 0.3 is 5.97 Å². The Labute approximate surface area is 106 Å². The summed E-state index contributed by atoms with van der Waals surface area (Å²) in [6.07, 6.45) is 1.09. The number of nitrogens with one attached hydrogen (secondary N) is 2. The maximum atomic E-state index is 11.9. The van der Waals surface area contributed by atoms with Crippen molar-refractivity contribution in [3.63, 3.8) is 0 Å². The third-order valence-electron chi connectivity index (χ3n) is 2.94. The number of aliphatic carboxylic acids is 1.